The van der Waals surface area contributed by atoms with Crippen molar-refractivity contribution in [1.82, 2.24) is 4.90 Å². The van der Waals surface area contributed by atoms with Gasteiger partial charge in [-0.05, 0) is 54.1 Å². The molecule has 3 aromatic rings. The van der Waals surface area contributed by atoms with Gasteiger partial charge in [0.15, 0.2) is 16.4 Å². The number of hydrogen-bond acceptors (Lipinski definition) is 7. The van der Waals surface area contributed by atoms with Gasteiger partial charge in [-0.2, -0.15) is 0 Å². The molecule has 0 aliphatic carbocycles. The molecule has 178 valence electrons. The summed E-state index contributed by atoms with van der Waals surface area (Å²) in [4.78, 5) is 50.9. The lowest BCUT2D eigenvalue weighted by atomic mass is 10.1. The minimum absolute atomic E-state index is 0.0164. The quantitative estimate of drug-likeness (QED) is 0.397. The molecule has 1 N–H and O–H groups in total. The van der Waals surface area contributed by atoms with Crippen molar-refractivity contribution in [1.29, 1.82) is 0 Å². The molecule has 0 bridgehead atoms. The van der Waals surface area contributed by atoms with Crippen molar-refractivity contribution < 1.29 is 32.3 Å². The second-order valence-corrected chi connectivity index (χ2v) is 9.88. The summed E-state index contributed by atoms with van der Waals surface area (Å²) in [6.07, 6.45) is 1.08. The maximum Gasteiger partial charge on any atom is 0.338 e. The van der Waals surface area contributed by atoms with Gasteiger partial charge in [-0.25, -0.2) is 13.2 Å². The molecule has 0 radical (unpaired) electrons. The Bertz CT molecular complexity index is 1410. The van der Waals surface area contributed by atoms with Gasteiger partial charge in [0, 0.05) is 11.9 Å². The van der Waals surface area contributed by atoms with E-state index in [1.165, 1.54) is 36.4 Å². The SMILES string of the molecule is CS(=O)(=O)c1ccc(NC(=O)COC(=O)c2cccc(CN3C(=O)c4ccccc4C3=O)c2)cc1. The molecule has 35 heavy (non-hydrogen) atoms. The maximum absolute atomic E-state index is 12.6. The van der Waals surface area contributed by atoms with E-state index in [2.05, 4.69) is 5.32 Å². The first-order chi connectivity index (χ1) is 16.6. The average Bonchev–Trinajstić information content (AvgIpc) is 3.07. The maximum atomic E-state index is 12.6. The number of sulfone groups is 1. The highest BCUT2D eigenvalue weighted by molar-refractivity contribution is 7.90. The molecule has 10 heteroatoms. The molecule has 0 spiro atoms. The van der Waals surface area contributed by atoms with Crippen LogP contribution in [0.3, 0.4) is 0 Å². The van der Waals surface area contributed by atoms with Crippen LogP contribution in [-0.2, 0) is 25.9 Å². The molecule has 0 aromatic heterocycles. The third-order valence-electron chi connectivity index (χ3n) is 5.28. The van der Waals surface area contributed by atoms with Gasteiger partial charge < -0.3 is 10.1 Å². The van der Waals surface area contributed by atoms with Crippen LogP contribution in [0.5, 0.6) is 0 Å². The molecule has 3 amide bonds. The number of nitrogens with zero attached hydrogens (tertiary/aromatic N) is 1. The van der Waals surface area contributed by atoms with E-state index in [4.69, 9.17) is 4.74 Å². The average molecular weight is 493 g/mol. The number of carbonyl (C=O) groups is 4. The zero-order chi connectivity index (χ0) is 25.2. The number of nitrogens with one attached hydrogen (secondary N) is 1. The third kappa shape index (κ3) is 5.28. The Morgan fingerprint density at radius 3 is 2.11 bits per heavy atom. The molecule has 4 rings (SSSR count). The van der Waals surface area contributed by atoms with Gasteiger partial charge in [-0.15, -0.1) is 0 Å². The summed E-state index contributed by atoms with van der Waals surface area (Å²) in [5, 5.41) is 2.51. The highest BCUT2D eigenvalue weighted by Gasteiger charge is 2.35. The molecule has 0 fully saturated rings. The third-order valence-corrected chi connectivity index (χ3v) is 6.41. The molecule has 0 unspecified atom stereocenters. The summed E-state index contributed by atoms with van der Waals surface area (Å²) in [6, 6.07) is 18.4. The number of fused-ring (bicyclic) bond motifs is 1. The Kier molecular flexibility index (Phi) is 6.48. The van der Waals surface area contributed by atoms with Crippen LogP contribution in [0.4, 0.5) is 5.69 Å². The predicted molar refractivity (Wildman–Crippen MR) is 126 cm³/mol. The number of rotatable bonds is 7. The van der Waals surface area contributed by atoms with E-state index in [-0.39, 0.29) is 17.0 Å². The minimum Gasteiger partial charge on any atom is -0.452 e. The van der Waals surface area contributed by atoms with Gasteiger partial charge in [0.2, 0.25) is 0 Å². The van der Waals surface area contributed by atoms with E-state index in [9.17, 15) is 27.6 Å². The van der Waals surface area contributed by atoms with E-state index in [0.717, 1.165) is 11.2 Å². The number of benzene rings is 3. The van der Waals surface area contributed by atoms with Crippen LogP contribution >= 0.6 is 0 Å². The number of anilines is 1. The van der Waals surface area contributed by atoms with Crippen molar-refractivity contribution in [3.8, 4) is 0 Å². The highest BCUT2D eigenvalue weighted by Crippen LogP contribution is 2.24. The lowest BCUT2D eigenvalue weighted by molar-refractivity contribution is -0.119. The normalized spacial score (nSPS) is 12.9. The second kappa shape index (κ2) is 9.51. The molecule has 1 aliphatic rings. The van der Waals surface area contributed by atoms with Crippen LogP contribution in [0.15, 0.2) is 77.7 Å². The molecule has 1 aliphatic heterocycles. The zero-order valence-electron chi connectivity index (χ0n) is 18.6. The minimum atomic E-state index is -3.35. The van der Waals surface area contributed by atoms with Crippen LogP contribution in [-0.4, -0.2) is 49.9 Å². The Hall–Kier alpha value is -4.31. The van der Waals surface area contributed by atoms with E-state index >= 15 is 0 Å². The fourth-order valence-electron chi connectivity index (χ4n) is 3.56. The smallest absolute Gasteiger partial charge is 0.338 e. The van der Waals surface area contributed by atoms with Gasteiger partial charge in [-0.3, -0.25) is 19.3 Å². The Balaban J connectivity index is 1.35. The molecule has 1 heterocycles. The summed E-state index contributed by atoms with van der Waals surface area (Å²) < 4.78 is 28.1. The topological polar surface area (TPSA) is 127 Å². The van der Waals surface area contributed by atoms with Gasteiger partial charge in [-0.1, -0.05) is 24.3 Å². The number of carbonyl (C=O) groups excluding carboxylic acids is 4. The van der Waals surface area contributed by atoms with Crippen molar-refractivity contribution in [2.24, 2.45) is 0 Å². The van der Waals surface area contributed by atoms with Crippen molar-refractivity contribution in [3.63, 3.8) is 0 Å². The summed E-state index contributed by atoms with van der Waals surface area (Å²) >= 11 is 0. The lowest BCUT2D eigenvalue weighted by Gasteiger charge is -2.14. The van der Waals surface area contributed by atoms with Crippen LogP contribution < -0.4 is 5.32 Å². The molecule has 0 saturated heterocycles. The molecule has 0 saturated carbocycles. The van der Waals surface area contributed by atoms with E-state index < -0.39 is 40.1 Å². The standard InChI is InChI=1S/C25H20N2O7S/c1-35(32,33)19-11-9-18(10-12-19)26-22(28)15-34-25(31)17-6-4-5-16(13-17)14-27-23(29)20-7-2-3-8-21(20)24(27)30/h2-13H,14-15H2,1H3,(H,26,28). The number of imide groups is 1. The van der Waals surface area contributed by atoms with E-state index in [1.54, 1.807) is 36.4 Å². The predicted octanol–water partition coefficient (Wildman–Crippen LogP) is 2.68. The van der Waals surface area contributed by atoms with Crippen LogP contribution in [0, 0.1) is 0 Å². The zero-order valence-corrected chi connectivity index (χ0v) is 19.4. The van der Waals surface area contributed by atoms with Crippen LogP contribution in [0.2, 0.25) is 0 Å². The van der Waals surface area contributed by atoms with Gasteiger partial charge in [0.05, 0.1) is 28.1 Å². The molecular weight excluding hydrogens is 472 g/mol. The number of ether oxygens (including phenoxy) is 1. The van der Waals surface area contributed by atoms with Crippen molar-refractivity contribution >= 4 is 39.2 Å². The summed E-state index contributed by atoms with van der Waals surface area (Å²) in [6.45, 7) is -0.577. The first kappa shape index (κ1) is 23.8. The van der Waals surface area contributed by atoms with Gasteiger partial charge in [0.1, 0.15) is 0 Å². The molecular formula is C25H20N2O7S. The Morgan fingerprint density at radius 1 is 0.886 bits per heavy atom. The van der Waals surface area contributed by atoms with Crippen molar-refractivity contribution in [2.45, 2.75) is 11.4 Å². The van der Waals surface area contributed by atoms with Crippen LogP contribution in [0.25, 0.3) is 0 Å². The molecule has 3 aromatic carbocycles. The van der Waals surface area contributed by atoms with E-state index in [1.807, 2.05) is 0 Å². The monoisotopic (exact) mass is 492 g/mol. The Morgan fingerprint density at radius 2 is 1.51 bits per heavy atom. The molecule has 0 atom stereocenters. The number of esters is 1. The van der Waals surface area contributed by atoms with E-state index in [0.29, 0.717) is 22.4 Å². The summed E-state index contributed by atoms with van der Waals surface area (Å²) in [5.74, 6) is -2.16. The number of hydrogen-bond donors (Lipinski definition) is 1. The first-order valence-electron chi connectivity index (χ1n) is 10.4. The number of amides is 3. The fraction of sp³-hybridized carbons (Fsp3) is 0.120. The summed E-state index contributed by atoms with van der Waals surface area (Å²) in [5.41, 5.74) is 1.73. The molecule has 9 nitrogen and oxygen atoms in total. The Labute approximate surface area is 201 Å². The van der Waals surface area contributed by atoms with Gasteiger partial charge in [0.25, 0.3) is 17.7 Å². The first-order valence-corrected chi connectivity index (χ1v) is 12.3. The largest absolute Gasteiger partial charge is 0.452 e. The lowest BCUT2D eigenvalue weighted by Crippen LogP contribution is -2.29. The van der Waals surface area contributed by atoms with Gasteiger partial charge >= 0.3 is 5.97 Å². The fourth-order valence-corrected chi connectivity index (χ4v) is 4.19. The second-order valence-electron chi connectivity index (χ2n) is 7.86. The van der Waals surface area contributed by atoms with Crippen molar-refractivity contribution in [3.05, 3.63) is 95.1 Å². The van der Waals surface area contributed by atoms with Crippen molar-refractivity contribution in [2.75, 3.05) is 18.2 Å². The summed E-state index contributed by atoms with van der Waals surface area (Å²) in [7, 11) is -3.35. The highest BCUT2D eigenvalue weighted by atomic mass is 32.2. The van der Waals surface area contributed by atoms with Crippen LogP contribution in [0.1, 0.15) is 36.6 Å².